The lowest BCUT2D eigenvalue weighted by molar-refractivity contribution is 0.363. The topological polar surface area (TPSA) is 21.3 Å². The summed E-state index contributed by atoms with van der Waals surface area (Å²) in [6.07, 6.45) is 1.03. The van der Waals surface area contributed by atoms with Gasteiger partial charge in [-0.05, 0) is 31.2 Å². The van der Waals surface area contributed by atoms with Gasteiger partial charge in [-0.15, -0.1) is 0 Å². The standard InChI is InChI=1S/C13H20FNO/c1-5-9(2)13(15-3)11-8-10(14)6-7-12(11)16-4/h6-9,13,15H,5H2,1-4H3. The molecular formula is C13H20FNO. The van der Waals surface area contributed by atoms with E-state index in [9.17, 15) is 4.39 Å². The Kier molecular flexibility index (Phi) is 4.74. The molecule has 0 fully saturated rings. The molecule has 1 aromatic rings. The lowest BCUT2D eigenvalue weighted by atomic mass is 9.92. The van der Waals surface area contributed by atoms with E-state index in [1.165, 1.54) is 6.07 Å². The minimum absolute atomic E-state index is 0.121. The van der Waals surface area contributed by atoms with E-state index in [4.69, 9.17) is 4.74 Å². The van der Waals surface area contributed by atoms with Crippen LogP contribution in [0.2, 0.25) is 0 Å². The largest absolute Gasteiger partial charge is 0.496 e. The van der Waals surface area contributed by atoms with Gasteiger partial charge >= 0.3 is 0 Å². The quantitative estimate of drug-likeness (QED) is 0.831. The Labute approximate surface area is 96.8 Å². The van der Waals surface area contributed by atoms with E-state index in [0.717, 1.165) is 17.7 Å². The maximum absolute atomic E-state index is 13.3. The van der Waals surface area contributed by atoms with Crippen LogP contribution in [0.5, 0.6) is 5.75 Å². The van der Waals surface area contributed by atoms with Crippen LogP contribution in [0.4, 0.5) is 4.39 Å². The number of hydrogen-bond donors (Lipinski definition) is 1. The molecule has 0 amide bonds. The Hall–Kier alpha value is -1.09. The van der Waals surface area contributed by atoms with E-state index in [2.05, 4.69) is 19.2 Å². The number of rotatable bonds is 5. The van der Waals surface area contributed by atoms with E-state index in [0.29, 0.717) is 5.92 Å². The molecule has 0 radical (unpaired) electrons. The van der Waals surface area contributed by atoms with Crippen LogP contribution in [-0.4, -0.2) is 14.2 Å². The van der Waals surface area contributed by atoms with Crippen LogP contribution in [-0.2, 0) is 0 Å². The monoisotopic (exact) mass is 225 g/mol. The van der Waals surface area contributed by atoms with Gasteiger partial charge in [0.25, 0.3) is 0 Å². The molecule has 2 unspecified atom stereocenters. The predicted octanol–water partition coefficient (Wildman–Crippen LogP) is 3.14. The van der Waals surface area contributed by atoms with Gasteiger partial charge in [-0.2, -0.15) is 0 Å². The SMILES string of the molecule is CCC(C)C(NC)c1cc(F)ccc1OC. The fourth-order valence-electron chi connectivity index (χ4n) is 1.93. The minimum Gasteiger partial charge on any atom is -0.496 e. The lowest BCUT2D eigenvalue weighted by Crippen LogP contribution is -2.23. The van der Waals surface area contributed by atoms with Crippen molar-refractivity contribution in [2.24, 2.45) is 5.92 Å². The van der Waals surface area contributed by atoms with Gasteiger partial charge < -0.3 is 10.1 Å². The first-order valence-electron chi connectivity index (χ1n) is 5.64. The van der Waals surface area contributed by atoms with Crippen molar-refractivity contribution in [3.05, 3.63) is 29.6 Å². The number of nitrogens with one attached hydrogen (secondary N) is 1. The van der Waals surface area contributed by atoms with Gasteiger partial charge in [0.1, 0.15) is 11.6 Å². The summed E-state index contributed by atoms with van der Waals surface area (Å²) in [7, 11) is 3.50. The average molecular weight is 225 g/mol. The number of benzene rings is 1. The zero-order chi connectivity index (χ0) is 12.1. The first-order valence-corrected chi connectivity index (χ1v) is 5.64. The Balaban J connectivity index is 3.11. The molecule has 1 aromatic carbocycles. The molecule has 0 aliphatic carbocycles. The molecule has 0 heterocycles. The highest BCUT2D eigenvalue weighted by Gasteiger charge is 2.20. The fourth-order valence-corrected chi connectivity index (χ4v) is 1.93. The zero-order valence-electron chi connectivity index (χ0n) is 10.4. The van der Waals surface area contributed by atoms with E-state index >= 15 is 0 Å². The van der Waals surface area contributed by atoms with Crippen LogP contribution in [0.3, 0.4) is 0 Å². The maximum atomic E-state index is 13.3. The Morgan fingerprint density at radius 1 is 1.44 bits per heavy atom. The normalized spacial score (nSPS) is 14.6. The maximum Gasteiger partial charge on any atom is 0.123 e. The van der Waals surface area contributed by atoms with Gasteiger partial charge in [0, 0.05) is 11.6 Å². The molecule has 3 heteroatoms. The molecule has 2 nitrogen and oxygen atoms in total. The molecule has 16 heavy (non-hydrogen) atoms. The molecule has 0 bridgehead atoms. The van der Waals surface area contributed by atoms with Crippen molar-refractivity contribution in [3.8, 4) is 5.75 Å². The lowest BCUT2D eigenvalue weighted by Gasteiger charge is -2.24. The highest BCUT2D eigenvalue weighted by Crippen LogP contribution is 2.31. The Morgan fingerprint density at radius 3 is 2.62 bits per heavy atom. The second kappa shape index (κ2) is 5.85. The smallest absolute Gasteiger partial charge is 0.123 e. The summed E-state index contributed by atoms with van der Waals surface area (Å²) in [4.78, 5) is 0. The summed E-state index contributed by atoms with van der Waals surface area (Å²) in [5, 5.41) is 3.22. The van der Waals surface area contributed by atoms with Gasteiger partial charge in [0.15, 0.2) is 0 Å². The zero-order valence-corrected chi connectivity index (χ0v) is 10.4. The van der Waals surface area contributed by atoms with Crippen molar-refractivity contribution in [1.82, 2.24) is 5.32 Å². The third-order valence-electron chi connectivity index (χ3n) is 3.05. The molecule has 0 saturated heterocycles. The molecule has 1 rings (SSSR count). The van der Waals surface area contributed by atoms with Crippen LogP contribution in [0.25, 0.3) is 0 Å². The van der Waals surface area contributed by atoms with Gasteiger partial charge in [-0.25, -0.2) is 4.39 Å². The van der Waals surface area contributed by atoms with E-state index in [1.807, 2.05) is 7.05 Å². The van der Waals surface area contributed by atoms with Crippen molar-refractivity contribution >= 4 is 0 Å². The number of ether oxygens (including phenoxy) is 1. The molecule has 0 aromatic heterocycles. The van der Waals surface area contributed by atoms with E-state index < -0.39 is 0 Å². The van der Waals surface area contributed by atoms with Gasteiger partial charge in [0.2, 0.25) is 0 Å². The molecule has 0 spiro atoms. The Morgan fingerprint density at radius 2 is 2.12 bits per heavy atom. The number of methoxy groups -OCH3 is 1. The first-order chi connectivity index (χ1) is 7.63. The van der Waals surface area contributed by atoms with E-state index in [-0.39, 0.29) is 11.9 Å². The fraction of sp³-hybridized carbons (Fsp3) is 0.538. The third kappa shape index (κ3) is 2.73. The third-order valence-corrected chi connectivity index (χ3v) is 3.05. The van der Waals surface area contributed by atoms with Gasteiger partial charge in [-0.3, -0.25) is 0 Å². The molecule has 2 atom stereocenters. The van der Waals surface area contributed by atoms with Gasteiger partial charge in [-0.1, -0.05) is 20.3 Å². The summed E-state index contributed by atoms with van der Waals surface area (Å²) < 4.78 is 18.5. The van der Waals surface area contributed by atoms with Crippen molar-refractivity contribution in [2.45, 2.75) is 26.3 Å². The minimum atomic E-state index is -0.223. The number of hydrogen-bond acceptors (Lipinski definition) is 2. The molecule has 1 N–H and O–H groups in total. The summed E-state index contributed by atoms with van der Waals surface area (Å²) in [6, 6.07) is 4.77. The second-order valence-corrected chi connectivity index (χ2v) is 4.04. The molecular weight excluding hydrogens is 205 g/mol. The molecule has 0 aliphatic rings. The van der Waals surface area contributed by atoms with Crippen LogP contribution >= 0.6 is 0 Å². The first kappa shape index (κ1) is 13.0. The summed E-state index contributed by atoms with van der Waals surface area (Å²) >= 11 is 0. The summed E-state index contributed by atoms with van der Waals surface area (Å²) in [5.41, 5.74) is 0.888. The van der Waals surface area contributed by atoms with Crippen LogP contribution in [0, 0.1) is 11.7 Å². The second-order valence-electron chi connectivity index (χ2n) is 4.04. The highest BCUT2D eigenvalue weighted by molar-refractivity contribution is 5.36. The molecule has 90 valence electrons. The van der Waals surface area contributed by atoms with E-state index in [1.54, 1.807) is 19.2 Å². The van der Waals surface area contributed by atoms with Crippen molar-refractivity contribution < 1.29 is 9.13 Å². The van der Waals surface area contributed by atoms with Gasteiger partial charge in [0.05, 0.1) is 7.11 Å². The van der Waals surface area contributed by atoms with Crippen LogP contribution in [0.15, 0.2) is 18.2 Å². The summed E-state index contributed by atoms with van der Waals surface area (Å²) in [5.74, 6) is 0.945. The van der Waals surface area contributed by atoms with Crippen molar-refractivity contribution in [1.29, 1.82) is 0 Å². The van der Waals surface area contributed by atoms with Crippen molar-refractivity contribution in [3.63, 3.8) is 0 Å². The van der Waals surface area contributed by atoms with Crippen molar-refractivity contribution in [2.75, 3.05) is 14.2 Å². The average Bonchev–Trinajstić information content (AvgIpc) is 2.30. The molecule has 0 aliphatic heterocycles. The summed E-state index contributed by atoms with van der Waals surface area (Å²) in [6.45, 7) is 4.27. The predicted molar refractivity (Wildman–Crippen MR) is 64.2 cm³/mol. The Bertz CT molecular complexity index is 341. The highest BCUT2D eigenvalue weighted by atomic mass is 19.1. The molecule has 0 saturated carbocycles. The van der Waals surface area contributed by atoms with Crippen LogP contribution < -0.4 is 10.1 Å². The van der Waals surface area contributed by atoms with Crippen LogP contribution in [0.1, 0.15) is 31.9 Å². The number of halogens is 1.